The number of esters is 2. The molecule has 30 heavy (non-hydrogen) atoms. The van der Waals surface area contributed by atoms with Crippen LogP contribution in [0, 0.1) is 0 Å². The van der Waals surface area contributed by atoms with Gasteiger partial charge in [-0.15, -0.1) is 22.7 Å². The summed E-state index contributed by atoms with van der Waals surface area (Å²) >= 11 is 2.77. The van der Waals surface area contributed by atoms with Crippen LogP contribution in [0.4, 0.5) is 0 Å². The molecule has 4 aromatic rings. The predicted molar refractivity (Wildman–Crippen MR) is 108 cm³/mol. The molecular formula is C20H14N2O6S2. The molecule has 4 aromatic heterocycles. The van der Waals surface area contributed by atoms with Gasteiger partial charge in [0.2, 0.25) is 0 Å². The summed E-state index contributed by atoms with van der Waals surface area (Å²) in [6.07, 6.45) is 5.15. The Morgan fingerprint density at radius 1 is 0.833 bits per heavy atom. The topological polar surface area (TPSA) is 105 Å². The van der Waals surface area contributed by atoms with E-state index >= 15 is 0 Å². The van der Waals surface area contributed by atoms with Gasteiger partial charge >= 0.3 is 11.9 Å². The molecule has 0 aliphatic rings. The molecule has 0 radical (unpaired) electrons. The van der Waals surface area contributed by atoms with Gasteiger partial charge in [0, 0.05) is 22.9 Å². The predicted octanol–water partition coefficient (Wildman–Crippen LogP) is 4.46. The van der Waals surface area contributed by atoms with Crippen LogP contribution in [0.5, 0.6) is 0 Å². The third-order valence-electron chi connectivity index (χ3n) is 3.65. The smallest absolute Gasteiger partial charge is 0.331 e. The summed E-state index contributed by atoms with van der Waals surface area (Å²) < 4.78 is 20.7. The van der Waals surface area contributed by atoms with E-state index in [9.17, 15) is 9.59 Å². The number of rotatable bonds is 8. The van der Waals surface area contributed by atoms with Crippen molar-refractivity contribution in [2.45, 2.75) is 13.2 Å². The summed E-state index contributed by atoms with van der Waals surface area (Å²) in [6, 6.07) is 7.14. The molecule has 152 valence electrons. The summed E-state index contributed by atoms with van der Waals surface area (Å²) in [4.78, 5) is 32.2. The Bertz CT molecular complexity index is 1050. The van der Waals surface area contributed by atoms with Crippen molar-refractivity contribution in [2.75, 3.05) is 0 Å². The lowest BCUT2D eigenvalue weighted by molar-refractivity contribution is -0.141. The van der Waals surface area contributed by atoms with E-state index in [1.165, 1.54) is 22.7 Å². The van der Waals surface area contributed by atoms with Crippen molar-refractivity contribution in [1.29, 1.82) is 0 Å². The lowest BCUT2D eigenvalue weighted by Gasteiger charge is -1.99. The molecule has 0 atom stereocenters. The summed E-state index contributed by atoms with van der Waals surface area (Å²) in [5.74, 6) is -0.0465. The molecule has 4 heterocycles. The first kappa shape index (κ1) is 19.8. The number of carbonyl (C=O) groups excluding carboxylic acids is 2. The molecule has 0 unspecified atom stereocenters. The van der Waals surface area contributed by atoms with Crippen molar-refractivity contribution in [3.8, 4) is 21.5 Å². The van der Waals surface area contributed by atoms with E-state index < -0.39 is 11.9 Å². The maximum Gasteiger partial charge on any atom is 0.331 e. The Hall–Kier alpha value is -3.50. The Labute approximate surface area is 178 Å². The Balaban J connectivity index is 1.21. The van der Waals surface area contributed by atoms with Gasteiger partial charge < -0.3 is 18.3 Å². The van der Waals surface area contributed by atoms with Crippen LogP contribution in [-0.2, 0) is 32.3 Å². The summed E-state index contributed by atoms with van der Waals surface area (Å²) in [7, 11) is 0. The van der Waals surface area contributed by atoms with Crippen LogP contribution in [0.25, 0.3) is 21.5 Å². The number of nitrogens with zero attached hydrogens (tertiary/aromatic N) is 2. The first-order valence-corrected chi connectivity index (χ1v) is 10.4. The van der Waals surface area contributed by atoms with Crippen molar-refractivity contribution in [3.63, 3.8) is 0 Å². The molecule has 0 spiro atoms. The number of hydrogen-bond acceptors (Lipinski definition) is 10. The van der Waals surface area contributed by atoms with E-state index in [-0.39, 0.29) is 13.2 Å². The number of ether oxygens (including phenoxy) is 2. The number of aromatic nitrogens is 2. The molecular weight excluding hydrogens is 428 g/mol. The van der Waals surface area contributed by atoms with Gasteiger partial charge in [-0.05, 0) is 24.3 Å². The van der Waals surface area contributed by atoms with Crippen LogP contribution < -0.4 is 0 Å². The molecule has 0 saturated carbocycles. The quantitative estimate of drug-likeness (QED) is 0.291. The largest absolute Gasteiger partial charge is 0.462 e. The SMILES string of the molecule is O=C(/C=C/C(=O)OCc1csc(-c2ccco2)n1)OCc1csc(-c2ccco2)n1. The summed E-state index contributed by atoms with van der Waals surface area (Å²) in [5.41, 5.74) is 1.18. The van der Waals surface area contributed by atoms with Crippen molar-refractivity contribution < 1.29 is 27.9 Å². The van der Waals surface area contributed by atoms with Crippen LogP contribution in [0.2, 0.25) is 0 Å². The zero-order chi connectivity index (χ0) is 20.8. The van der Waals surface area contributed by atoms with Crippen molar-refractivity contribution in [2.24, 2.45) is 0 Å². The number of hydrogen-bond donors (Lipinski definition) is 0. The van der Waals surface area contributed by atoms with Gasteiger partial charge in [-0.3, -0.25) is 0 Å². The van der Waals surface area contributed by atoms with Crippen molar-refractivity contribution in [1.82, 2.24) is 9.97 Å². The van der Waals surface area contributed by atoms with Crippen molar-refractivity contribution in [3.05, 3.63) is 71.1 Å². The minimum Gasteiger partial charge on any atom is -0.462 e. The Kier molecular flexibility index (Phi) is 6.16. The van der Waals surface area contributed by atoms with Gasteiger partial charge in [-0.2, -0.15) is 0 Å². The first-order chi connectivity index (χ1) is 14.7. The van der Waals surface area contributed by atoms with E-state index in [1.807, 2.05) is 0 Å². The number of furan rings is 2. The monoisotopic (exact) mass is 442 g/mol. The molecule has 0 bridgehead atoms. The molecule has 8 nitrogen and oxygen atoms in total. The lowest BCUT2D eigenvalue weighted by Crippen LogP contribution is -2.05. The zero-order valence-corrected chi connectivity index (χ0v) is 17.0. The highest BCUT2D eigenvalue weighted by molar-refractivity contribution is 7.13. The van der Waals surface area contributed by atoms with Crippen LogP contribution in [0.15, 0.2) is 68.5 Å². The third-order valence-corrected chi connectivity index (χ3v) is 5.46. The van der Waals surface area contributed by atoms with E-state index in [0.717, 1.165) is 12.2 Å². The van der Waals surface area contributed by atoms with Crippen LogP contribution >= 0.6 is 22.7 Å². The lowest BCUT2D eigenvalue weighted by atomic mass is 10.4. The van der Waals surface area contributed by atoms with Gasteiger partial charge in [0.05, 0.1) is 23.9 Å². The highest BCUT2D eigenvalue weighted by Gasteiger charge is 2.10. The normalized spacial score (nSPS) is 11.1. The second-order valence-electron chi connectivity index (χ2n) is 5.79. The minimum absolute atomic E-state index is 0.0101. The molecule has 0 saturated heterocycles. The minimum atomic E-state index is -0.673. The second kappa shape index (κ2) is 9.33. The Morgan fingerprint density at radius 3 is 1.70 bits per heavy atom. The Morgan fingerprint density at radius 2 is 1.30 bits per heavy atom. The van der Waals surface area contributed by atoms with E-state index in [2.05, 4.69) is 9.97 Å². The van der Waals surface area contributed by atoms with Crippen LogP contribution in [0.3, 0.4) is 0 Å². The average molecular weight is 442 g/mol. The molecule has 10 heteroatoms. The molecule has 0 fully saturated rings. The summed E-state index contributed by atoms with van der Waals surface area (Å²) in [5, 5.41) is 4.94. The van der Waals surface area contributed by atoms with Crippen molar-refractivity contribution >= 4 is 34.6 Å². The highest BCUT2D eigenvalue weighted by atomic mass is 32.1. The van der Waals surface area contributed by atoms with Gasteiger partial charge in [0.25, 0.3) is 0 Å². The third kappa shape index (κ3) is 5.10. The van der Waals surface area contributed by atoms with Gasteiger partial charge in [0.15, 0.2) is 21.5 Å². The maximum atomic E-state index is 11.8. The van der Waals surface area contributed by atoms with Crippen LogP contribution in [0.1, 0.15) is 11.4 Å². The standard InChI is InChI=1S/C20H14N2O6S2/c23-17(27-9-13-11-29-19(21-13)15-3-1-7-25-15)5-6-18(24)28-10-14-12-30-20(22-14)16-4-2-8-26-16/h1-8,11-12H,9-10H2/b6-5+. The maximum absolute atomic E-state index is 11.8. The number of thiazole rings is 2. The highest BCUT2D eigenvalue weighted by Crippen LogP contribution is 2.25. The molecule has 4 rings (SSSR count). The average Bonchev–Trinajstić information content (AvgIpc) is 3.56. The summed E-state index contributed by atoms with van der Waals surface area (Å²) in [6.45, 7) is -0.0202. The van der Waals surface area contributed by atoms with Crippen LogP contribution in [-0.4, -0.2) is 21.9 Å². The fourth-order valence-corrected chi connectivity index (χ4v) is 3.84. The molecule has 0 amide bonds. The molecule has 0 aliphatic carbocycles. The first-order valence-electron chi connectivity index (χ1n) is 8.65. The molecule has 0 aromatic carbocycles. The molecule has 0 N–H and O–H groups in total. The second-order valence-corrected chi connectivity index (χ2v) is 7.51. The fourth-order valence-electron chi connectivity index (χ4n) is 2.30. The van der Waals surface area contributed by atoms with Gasteiger partial charge in [0.1, 0.15) is 13.2 Å². The van der Waals surface area contributed by atoms with E-state index in [4.69, 9.17) is 18.3 Å². The van der Waals surface area contributed by atoms with E-state index in [1.54, 1.807) is 47.6 Å². The van der Waals surface area contributed by atoms with Gasteiger partial charge in [-0.1, -0.05) is 0 Å². The molecule has 0 aliphatic heterocycles. The number of carbonyl (C=O) groups is 2. The van der Waals surface area contributed by atoms with E-state index in [0.29, 0.717) is 32.9 Å². The van der Waals surface area contributed by atoms with Gasteiger partial charge in [-0.25, -0.2) is 19.6 Å². The fraction of sp³-hybridized carbons (Fsp3) is 0.100. The zero-order valence-electron chi connectivity index (χ0n) is 15.3.